The maximum absolute atomic E-state index is 13.2. The van der Waals surface area contributed by atoms with Crippen LogP contribution in [0.3, 0.4) is 0 Å². The van der Waals surface area contributed by atoms with Crippen molar-refractivity contribution in [1.82, 2.24) is 15.2 Å². The zero-order valence-corrected chi connectivity index (χ0v) is 19.6. The summed E-state index contributed by atoms with van der Waals surface area (Å²) in [6.07, 6.45) is 2.11. The van der Waals surface area contributed by atoms with Crippen LogP contribution in [0.4, 0.5) is 4.79 Å². The summed E-state index contributed by atoms with van der Waals surface area (Å²) in [5.41, 5.74) is 1.38. The van der Waals surface area contributed by atoms with E-state index in [4.69, 9.17) is 16.3 Å². The number of nitrogens with zero attached hydrogens (tertiary/aromatic N) is 2. The molecule has 0 bridgehead atoms. The summed E-state index contributed by atoms with van der Waals surface area (Å²) in [6, 6.07) is 7.11. The highest BCUT2D eigenvalue weighted by Gasteiger charge is 2.56. The number of esters is 1. The predicted molar refractivity (Wildman–Crippen MR) is 121 cm³/mol. The Hall–Kier alpha value is -2.67. The standard InChI is InChI=1S/C24H28ClN3O4/c1-14-5-6-16-8-17(20(25)26-18(16)7-14)12-32-19(29)11-28-21(30)24(27-22(28)31)10-15(2)9-23(3,4)13-24/h5-8,15H,9-13H2,1-4H3,(H,27,31)/t15-,24+/m1/s1. The molecular weight excluding hydrogens is 430 g/mol. The van der Waals surface area contributed by atoms with Gasteiger partial charge in [-0.05, 0) is 55.2 Å². The average molecular weight is 458 g/mol. The zero-order valence-electron chi connectivity index (χ0n) is 18.8. The SMILES string of the molecule is Cc1ccc2cc(COC(=O)CN3C(=O)N[C@]4(C[C@H](C)CC(C)(C)C4)C3=O)c(Cl)nc2c1. The molecule has 1 aliphatic carbocycles. The van der Waals surface area contributed by atoms with Crippen molar-refractivity contribution in [1.29, 1.82) is 0 Å². The van der Waals surface area contributed by atoms with Crippen LogP contribution in [-0.4, -0.2) is 39.9 Å². The van der Waals surface area contributed by atoms with Crippen molar-refractivity contribution in [2.75, 3.05) is 6.54 Å². The zero-order chi connectivity index (χ0) is 23.3. The van der Waals surface area contributed by atoms with Crippen LogP contribution >= 0.6 is 11.6 Å². The lowest BCUT2D eigenvalue weighted by atomic mass is 9.64. The Bertz CT molecular complexity index is 1120. The lowest BCUT2D eigenvalue weighted by Crippen LogP contribution is -2.54. The van der Waals surface area contributed by atoms with Crippen molar-refractivity contribution in [3.05, 3.63) is 40.5 Å². The van der Waals surface area contributed by atoms with Crippen LogP contribution in [-0.2, 0) is 20.9 Å². The lowest BCUT2D eigenvalue weighted by Gasteiger charge is -2.43. The molecule has 1 N–H and O–H groups in total. The van der Waals surface area contributed by atoms with Gasteiger partial charge in [-0.3, -0.25) is 14.5 Å². The second-order valence-electron chi connectivity index (χ2n) is 10.1. The number of hydrogen-bond acceptors (Lipinski definition) is 5. The van der Waals surface area contributed by atoms with Gasteiger partial charge < -0.3 is 10.1 Å². The molecule has 2 fully saturated rings. The number of imide groups is 1. The molecule has 8 heteroatoms. The number of carbonyl (C=O) groups is 3. The first-order chi connectivity index (χ1) is 15.0. The molecule has 4 rings (SSSR count). The highest BCUT2D eigenvalue weighted by atomic mass is 35.5. The van der Waals surface area contributed by atoms with Crippen LogP contribution in [0.2, 0.25) is 5.15 Å². The number of amides is 3. The quantitative estimate of drug-likeness (QED) is 0.418. The third-order valence-electron chi connectivity index (χ3n) is 6.30. The molecule has 0 radical (unpaired) electrons. The molecule has 2 heterocycles. The minimum atomic E-state index is -0.942. The summed E-state index contributed by atoms with van der Waals surface area (Å²) in [5, 5.41) is 4.00. The van der Waals surface area contributed by atoms with Gasteiger partial charge in [0.15, 0.2) is 0 Å². The van der Waals surface area contributed by atoms with Crippen molar-refractivity contribution in [3.8, 4) is 0 Å². The van der Waals surface area contributed by atoms with E-state index in [2.05, 4.69) is 31.1 Å². The largest absolute Gasteiger partial charge is 0.459 e. The first-order valence-electron chi connectivity index (χ1n) is 10.8. The maximum atomic E-state index is 13.2. The van der Waals surface area contributed by atoms with E-state index in [1.165, 1.54) is 0 Å². The highest BCUT2D eigenvalue weighted by molar-refractivity contribution is 6.30. The molecule has 1 aliphatic heterocycles. The van der Waals surface area contributed by atoms with Crippen LogP contribution in [0, 0.1) is 18.3 Å². The van der Waals surface area contributed by atoms with Crippen LogP contribution in [0.25, 0.3) is 10.9 Å². The maximum Gasteiger partial charge on any atom is 0.326 e. The Kier molecular flexibility index (Phi) is 5.65. The van der Waals surface area contributed by atoms with Gasteiger partial charge in [-0.1, -0.05) is 44.5 Å². The number of hydrogen-bond donors (Lipinski definition) is 1. The monoisotopic (exact) mass is 457 g/mol. The normalized spacial score (nSPS) is 24.8. The summed E-state index contributed by atoms with van der Waals surface area (Å²) >= 11 is 6.26. The number of urea groups is 1. The summed E-state index contributed by atoms with van der Waals surface area (Å²) in [5.74, 6) is -0.727. The van der Waals surface area contributed by atoms with Crippen LogP contribution in [0.1, 0.15) is 51.2 Å². The summed E-state index contributed by atoms with van der Waals surface area (Å²) < 4.78 is 5.34. The number of aryl methyl sites for hydroxylation is 1. The molecule has 32 heavy (non-hydrogen) atoms. The molecule has 2 aliphatic rings. The van der Waals surface area contributed by atoms with E-state index in [9.17, 15) is 14.4 Å². The summed E-state index contributed by atoms with van der Waals surface area (Å²) in [6.45, 7) is 7.74. The Morgan fingerprint density at radius 3 is 2.75 bits per heavy atom. The first-order valence-corrected chi connectivity index (χ1v) is 11.2. The van der Waals surface area contributed by atoms with Gasteiger partial charge in [0.05, 0.1) is 5.52 Å². The topological polar surface area (TPSA) is 88.6 Å². The van der Waals surface area contributed by atoms with E-state index in [1.807, 2.05) is 31.2 Å². The van der Waals surface area contributed by atoms with Gasteiger partial charge in [0.2, 0.25) is 0 Å². The molecule has 2 atom stereocenters. The molecule has 0 unspecified atom stereocenters. The second-order valence-corrected chi connectivity index (χ2v) is 10.4. The molecule has 7 nitrogen and oxygen atoms in total. The number of carbonyl (C=O) groups excluding carboxylic acids is 3. The van der Waals surface area contributed by atoms with Crippen molar-refractivity contribution >= 4 is 40.4 Å². The van der Waals surface area contributed by atoms with Crippen molar-refractivity contribution in [2.24, 2.45) is 11.3 Å². The molecule has 2 aromatic rings. The van der Waals surface area contributed by atoms with Crippen LogP contribution in [0.15, 0.2) is 24.3 Å². The summed E-state index contributed by atoms with van der Waals surface area (Å²) in [4.78, 5) is 43.6. The number of benzene rings is 1. The fourth-order valence-electron chi connectivity index (χ4n) is 5.38. The van der Waals surface area contributed by atoms with E-state index >= 15 is 0 Å². The van der Waals surface area contributed by atoms with Gasteiger partial charge in [0.25, 0.3) is 5.91 Å². The molecule has 1 aromatic heterocycles. The highest BCUT2D eigenvalue weighted by Crippen LogP contribution is 2.46. The molecule has 1 spiro atoms. The van der Waals surface area contributed by atoms with Gasteiger partial charge in [-0.25, -0.2) is 9.78 Å². The number of fused-ring (bicyclic) bond motifs is 1. The van der Waals surface area contributed by atoms with E-state index in [1.54, 1.807) is 0 Å². The minimum Gasteiger partial charge on any atom is -0.459 e. The van der Waals surface area contributed by atoms with Gasteiger partial charge in [-0.2, -0.15) is 0 Å². The number of aromatic nitrogens is 1. The second kappa shape index (κ2) is 8.03. The molecule has 170 valence electrons. The van der Waals surface area contributed by atoms with Crippen molar-refractivity contribution in [2.45, 2.75) is 59.1 Å². The molecule has 1 saturated carbocycles. The fraction of sp³-hybridized carbons (Fsp3) is 0.500. The predicted octanol–water partition coefficient (Wildman–Crippen LogP) is 4.38. The van der Waals surface area contributed by atoms with E-state index in [-0.39, 0.29) is 23.1 Å². The van der Waals surface area contributed by atoms with Gasteiger partial charge >= 0.3 is 12.0 Å². The average Bonchev–Trinajstić information content (AvgIpc) is 2.88. The third-order valence-corrected chi connectivity index (χ3v) is 6.63. The Morgan fingerprint density at radius 2 is 2.03 bits per heavy atom. The smallest absolute Gasteiger partial charge is 0.326 e. The fourth-order valence-corrected chi connectivity index (χ4v) is 5.58. The first kappa shape index (κ1) is 22.5. The van der Waals surface area contributed by atoms with Crippen LogP contribution in [0.5, 0.6) is 0 Å². The number of halogens is 1. The number of nitrogens with one attached hydrogen (secondary N) is 1. The van der Waals surface area contributed by atoms with E-state index < -0.39 is 24.1 Å². The van der Waals surface area contributed by atoms with Gasteiger partial charge in [0, 0.05) is 10.9 Å². The third kappa shape index (κ3) is 4.31. The Balaban J connectivity index is 1.43. The molecule has 1 aromatic carbocycles. The lowest BCUT2D eigenvalue weighted by molar-refractivity contribution is -0.149. The van der Waals surface area contributed by atoms with E-state index in [0.29, 0.717) is 24.3 Å². The van der Waals surface area contributed by atoms with Crippen LogP contribution < -0.4 is 5.32 Å². The number of rotatable bonds is 4. The molecule has 3 amide bonds. The van der Waals surface area contributed by atoms with E-state index in [0.717, 1.165) is 27.8 Å². The summed E-state index contributed by atoms with van der Waals surface area (Å²) in [7, 11) is 0. The van der Waals surface area contributed by atoms with Crippen molar-refractivity contribution < 1.29 is 19.1 Å². The molecular formula is C24H28ClN3O4. The number of pyridine rings is 1. The Labute approximate surface area is 192 Å². The minimum absolute atomic E-state index is 0.0739. The van der Waals surface area contributed by atoms with Crippen molar-refractivity contribution in [3.63, 3.8) is 0 Å². The number of ether oxygens (including phenoxy) is 1. The van der Waals surface area contributed by atoms with Gasteiger partial charge in [0.1, 0.15) is 23.8 Å². The molecule has 1 saturated heterocycles. The Morgan fingerprint density at radius 1 is 1.28 bits per heavy atom. The van der Waals surface area contributed by atoms with Gasteiger partial charge in [-0.15, -0.1) is 0 Å².